The molecule has 0 spiro atoms. The standard InChI is InChI=1S/C18H13N3O3/c19-20-11-13(22)10-16(12-6-2-1-3-7-12)21-17(23)14-8-4-5-9-15(14)18(21)24/h1-9,11,16H,10H2/t16-/m1/s1. The molecule has 2 amide bonds. The van der Waals surface area contributed by atoms with E-state index in [1.54, 1.807) is 54.6 Å². The zero-order valence-electron chi connectivity index (χ0n) is 12.6. The van der Waals surface area contributed by atoms with Crippen molar-refractivity contribution in [2.75, 3.05) is 0 Å². The second-order valence-corrected chi connectivity index (χ2v) is 5.37. The minimum atomic E-state index is -0.760. The Hall–Kier alpha value is -3.37. The van der Waals surface area contributed by atoms with Gasteiger partial charge in [-0.3, -0.25) is 19.3 Å². The van der Waals surface area contributed by atoms with Crippen LogP contribution in [0.1, 0.15) is 38.7 Å². The summed E-state index contributed by atoms with van der Waals surface area (Å²) in [5.41, 5.74) is 9.84. The Bertz CT molecular complexity index is 835. The highest BCUT2D eigenvalue weighted by Crippen LogP contribution is 2.33. The minimum Gasteiger partial charge on any atom is -0.361 e. The van der Waals surface area contributed by atoms with E-state index >= 15 is 0 Å². The number of Topliss-reactive ketones (excluding diaryl/α,β-unsaturated/α-hetero) is 1. The summed E-state index contributed by atoms with van der Waals surface area (Å²) in [6.07, 6.45) is 0.619. The Morgan fingerprint density at radius 3 is 2.08 bits per heavy atom. The number of benzene rings is 2. The molecule has 0 aliphatic carbocycles. The number of carbonyl (C=O) groups is 3. The fraction of sp³-hybridized carbons (Fsp3) is 0.111. The van der Waals surface area contributed by atoms with Crippen molar-refractivity contribution in [3.05, 3.63) is 76.8 Å². The molecule has 0 bridgehead atoms. The fourth-order valence-corrected chi connectivity index (χ4v) is 2.83. The fourth-order valence-electron chi connectivity index (χ4n) is 2.83. The number of hydrogen-bond donors (Lipinski definition) is 0. The summed E-state index contributed by atoms with van der Waals surface area (Å²) >= 11 is 0. The number of amides is 2. The van der Waals surface area contributed by atoms with Gasteiger partial charge in [0.25, 0.3) is 11.8 Å². The van der Waals surface area contributed by atoms with Gasteiger partial charge in [0.2, 0.25) is 5.78 Å². The average Bonchev–Trinajstić information content (AvgIpc) is 2.86. The van der Waals surface area contributed by atoms with Gasteiger partial charge in [-0.15, -0.1) is 0 Å². The molecule has 1 aliphatic rings. The van der Waals surface area contributed by atoms with E-state index < -0.39 is 23.6 Å². The molecule has 0 fully saturated rings. The number of fused-ring (bicyclic) bond motifs is 1. The summed E-state index contributed by atoms with van der Waals surface area (Å²) in [7, 11) is 0. The van der Waals surface area contributed by atoms with Crippen LogP contribution in [-0.4, -0.2) is 33.5 Å². The van der Waals surface area contributed by atoms with Crippen molar-refractivity contribution >= 4 is 23.8 Å². The van der Waals surface area contributed by atoms with E-state index in [1.807, 2.05) is 0 Å². The molecule has 24 heavy (non-hydrogen) atoms. The Morgan fingerprint density at radius 2 is 1.54 bits per heavy atom. The molecule has 0 saturated heterocycles. The molecule has 0 unspecified atom stereocenters. The third-order valence-electron chi connectivity index (χ3n) is 3.92. The molecular formula is C18H13N3O3. The number of hydrogen-bond acceptors (Lipinski definition) is 3. The molecular weight excluding hydrogens is 306 g/mol. The molecule has 6 heteroatoms. The van der Waals surface area contributed by atoms with Gasteiger partial charge < -0.3 is 5.53 Å². The second-order valence-electron chi connectivity index (χ2n) is 5.37. The molecule has 2 aromatic carbocycles. The zero-order valence-corrected chi connectivity index (χ0v) is 12.6. The van der Waals surface area contributed by atoms with Gasteiger partial charge in [-0.05, 0) is 17.7 Å². The molecule has 0 N–H and O–H groups in total. The molecule has 2 aromatic rings. The van der Waals surface area contributed by atoms with Crippen LogP contribution in [0.2, 0.25) is 0 Å². The van der Waals surface area contributed by atoms with E-state index in [2.05, 4.69) is 4.79 Å². The first-order valence-electron chi connectivity index (χ1n) is 7.35. The van der Waals surface area contributed by atoms with E-state index in [0.29, 0.717) is 16.7 Å². The molecule has 1 heterocycles. The van der Waals surface area contributed by atoms with Gasteiger partial charge in [-0.2, -0.15) is 4.79 Å². The van der Waals surface area contributed by atoms with Crippen LogP contribution >= 0.6 is 0 Å². The van der Waals surface area contributed by atoms with E-state index in [9.17, 15) is 14.4 Å². The first-order valence-corrected chi connectivity index (χ1v) is 7.35. The third-order valence-corrected chi connectivity index (χ3v) is 3.92. The van der Waals surface area contributed by atoms with Crippen LogP contribution in [0.4, 0.5) is 0 Å². The van der Waals surface area contributed by atoms with Gasteiger partial charge in [0.05, 0.1) is 17.2 Å². The van der Waals surface area contributed by atoms with Crippen LogP contribution in [0, 0.1) is 0 Å². The zero-order chi connectivity index (χ0) is 17.1. The van der Waals surface area contributed by atoms with Crippen LogP contribution < -0.4 is 0 Å². The third kappa shape index (κ3) is 2.66. The smallest absolute Gasteiger partial charge is 0.323 e. The summed E-state index contributed by atoms with van der Waals surface area (Å²) in [5.74, 6) is -1.35. The molecule has 0 saturated carbocycles. The van der Waals surface area contributed by atoms with Gasteiger partial charge in [-0.1, -0.05) is 42.5 Å². The van der Waals surface area contributed by atoms with E-state index in [4.69, 9.17) is 5.53 Å². The first-order chi connectivity index (χ1) is 11.6. The maximum Gasteiger partial charge on any atom is 0.323 e. The number of carbonyl (C=O) groups excluding carboxylic acids is 3. The minimum absolute atomic E-state index is 0.153. The molecule has 6 nitrogen and oxygen atoms in total. The topological polar surface area (TPSA) is 90.8 Å². The Balaban J connectivity index is 2.04. The van der Waals surface area contributed by atoms with Crippen molar-refractivity contribution in [3.8, 4) is 0 Å². The first kappa shape index (κ1) is 15.5. The number of ketones is 1. The van der Waals surface area contributed by atoms with Gasteiger partial charge in [0.15, 0.2) is 0 Å². The van der Waals surface area contributed by atoms with E-state index in [0.717, 1.165) is 11.1 Å². The lowest BCUT2D eigenvalue weighted by molar-refractivity contribution is -0.116. The van der Waals surface area contributed by atoms with Crippen molar-refractivity contribution in [1.82, 2.24) is 4.90 Å². The van der Waals surface area contributed by atoms with Crippen LogP contribution in [0.5, 0.6) is 0 Å². The van der Waals surface area contributed by atoms with Crippen LogP contribution in [-0.2, 0) is 4.79 Å². The Morgan fingerprint density at radius 1 is 1.00 bits per heavy atom. The van der Waals surface area contributed by atoms with Gasteiger partial charge in [0, 0.05) is 6.42 Å². The summed E-state index contributed by atoms with van der Waals surface area (Å²) in [6.45, 7) is 0. The Labute approximate surface area is 137 Å². The molecule has 1 atom stereocenters. The quantitative estimate of drug-likeness (QED) is 0.366. The predicted octanol–water partition coefficient (Wildman–Crippen LogP) is 2.28. The predicted molar refractivity (Wildman–Crippen MR) is 85.4 cm³/mol. The van der Waals surface area contributed by atoms with Crippen LogP contribution in [0.15, 0.2) is 54.6 Å². The highest BCUT2D eigenvalue weighted by molar-refractivity contribution is 6.26. The summed E-state index contributed by atoms with van der Waals surface area (Å²) in [6, 6.07) is 14.6. The molecule has 3 rings (SSSR count). The molecule has 0 radical (unpaired) electrons. The molecule has 1 aliphatic heterocycles. The maximum atomic E-state index is 12.7. The molecule has 118 valence electrons. The van der Waals surface area contributed by atoms with Crippen molar-refractivity contribution in [1.29, 1.82) is 0 Å². The van der Waals surface area contributed by atoms with Gasteiger partial charge in [-0.25, -0.2) is 0 Å². The van der Waals surface area contributed by atoms with E-state index in [1.165, 1.54) is 0 Å². The molecule has 0 aromatic heterocycles. The van der Waals surface area contributed by atoms with Crippen molar-refractivity contribution in [2.45, 2.75) is 12.5 Å². The highest BCUT2D eigenvalue weighted by Gasteiger charge is 2.41. The SMILES string of the molecule is [N-]=[N+]=CC(=O)C[C@H](c1ccccc1)N1C(=O)c2ccccc2C1=O. The number of rotatable bonds is 5. The lowest BCUT2D eigenvalue weighted by Gasteiger charge is -2.25. The maximum absolute atomic E-state index is 12.7. The van der Waals surface area contributed by atoms with Crippen molar-refractivity contribution in [3.63, 3.8) is 0 Å². The second kappa shape index (κ2) is 6.40. The van der Waals surface area contributed by atoms with Gasteiger partial charge in [0.1, 0.15) is 0 Å². The Kier molecular flexibility index (Phi) is 4.14. The van der Waals surface area contributed by atoms with E-state index in [-0.39, 0.29) is 6.42 Å². The normalized spacial score (nSPS) is 14.1. The highest BCUT2D eigenvalue weighted by atomic mass is 16.2. The van der Waals surface area contributed by atoms with Crippen LogP contribution in [0.3, 0.4) is 0 Å². The lowest BCUT2D eigenvalue weighted by atomic mass is 10.00. The largest absolute Gasteiger partial charge is 0.361 e. The number of nitrogens with zero attached hydrogens (tertiary/aromatic N) is 3. The number of imide groups is 1. The van der Waals surface area contributed by atoms with Crippen LogP contribution in [0.25, 0.3) is 5.53 Å². The summed E-state index contributed by atoms with van der Waals surface area (Å²) in [5, 5.41) is 0. The summed E-state index contributed by atoms with van der Waals surface area (Å²) < 4.78 is 0. The van der Waals surface area contributed by atoms with Crippen molar-refractivity contribution < 1.29 is 19.2 Å². The van der Waals surface area contributed by atoms with Gasteiger partial charge >= 0.3 is 6.21 Å². The average molecular weight is 319 g/mol. The lowest BCUT2D eigenvalue weighted by Crippen LogP contribution is -2.35. The summed E-state index contributed by atoms with van der Waals surface area (Å²) in [4.78, 5) is 41.1. The monoisotopic (exact) mass is 319 g/mol. The van der Waals surface area contributed by atoms with Crippen molar-refractivity contribution in [2.24, 2.45) is 0 Å².